The molecule has 0 N–H and O–H groups in total. The second kappa shape index (κ2) is 8.97. The van der Waals surface area contributed by atoms with Crippen molar-refractivity contribution in [2.45, 2.75) is 38.8 Å². The minimum Gasteiger partial charge on any atom is -0.492 e. The minimum atomic E-state index is -0.243. The number of hydrogen-bond acceptors (Lipinski definition) is 4. The third-order valence-electron chi connectivity index (χ3n) is 5.75. The molecule has 2 heterocycles. The number of halogens is 1. The standard InChI is InChI=1S/C20H32FN3O/c1-17-6-7-18(2)24(17)13-12-22-8-10-23(11-9-22)14-15-25-20-5-3-4-19(21)16-20/h3-5,16-18H,6-15H2,1-2H3/t17-,18-/m1/s1. The lowest BCUT2D eigenvalue weighted by Crippen LogP contribution is -2.50. The van der Waals surface area contributed by atoms with Crippen molar-refractivity contribution in [1.29, 1.82) is 0 Å². The molecule has 0 spiro atoms. The van der Waals surface area contributed by atoms with Crippen LogP contribution in [-0.4, -0.2) is 79.2 Å². The summed E-state index contributed by atoms with van der Waals surface area (Å²) in [6.45, 7) is 13.1. The molecule has 2 atom stereocenters. The van der Waals surface area contributed by atoms with Gasteiger partial charge in [0.25, 0.3) is 0 Å². The van der Waals surface area contributed by atoms with Gasteiger partial charge in [-0.3, -0.25) is 14.7 Å². The first-order valence-electron chi connectivity index (χ1n) is 9.70. The van der Waals surface area contributed by atoms with Crippen molar-refractivity contribution in [3.63, 3.8) is 0 Å². The SMILES string of the molecule is C[C@@H]1CC[C@@H](C)N1CCN1CCN(CCOc2cccc(F)c2)CC1. The molecule has 0 unspecified atom stereocenters. The van der Waals surface area contributed by atoms with Gasteiger partial charge in [0.2, 0.25) is 0 Å². The maximum atomic E-state index is 13.1. The zero-order valence-electron chi connectivity index (χ0n) is 15.7. The molecule has 2 aliphatic heterocycles. The molecule has 2 fully saturated rings. The average molecular weight is 349 g/mol. The molecule has 0 saturated carbocycles. The first kappa shape index (κ1) is 18.6. The van der Waals surface area contributed by atoms with E-state index in [0.717, 1.165) is 44.8 Å². The summed E-state index contributed by atoms with van der Waals surface area (Å²) in [5, 5.41) is 0. The third kappa shape index (κ3) is 5.40. The van der Waals surface area contributed by atoms with Crippen LogP contribution >= 0.6 is 0 Å². The van der Waals surface area contributed by atoms with E-state index < -0.39 is 0 Å². The van der Waals surface area contributed by atoms with Gasteiger partial charge < -0.3 is 4.74 Å². The molecule has 1 aromatic rings. The second-order valence-electron chi connectivity index (χ2n) is 7.50. The van der Waals surface area contributed by atoms with Crippen LogP contribution in [0.3, 0.4) is 0 Å². The molecule has 0 amide bonds. The fourth-order valence-corrected chi connectivity index (χ4v) is 4.03. The van der Waals surface area contributed by atoms with Crippen LogP contribution in [0.4, 0.5) is 4.39 Å². The van der Waals surface area contributed by atoms with Gasteiger partial charge in [0.05, 0.1) is 0 Å². The van der Waals surface area contributed by atoms with E-state index in [2.05, 4.69) is 28.5 Å². The van der Waals surface area contributed by atoms with E-state index in [9.17, 15) is 4.39 Å². The lowest BCUT2D eigenvalue weighted by atomic mass is 10.2. The van der Waals surface area contributed by atoms with E-state index in [1.54, 1.807) is 12.1 Å². The molecular formula is C20H32FN3O. The van der Waals surface area contributed by atoms with Crippen LogP contribution in [0.25, 0.3) is 0 Å². The first-order valence-corrected chi connectivity index (χ1v) is 9.70. The zero-order valence-corrected chi connectivity index (χ0v) is 15.7. The monoisotopic (exact) mass is 349 g/mol. The number of nitrogens with zero attached hydrogens (tertiary/aromatic N) is 3. The first-order chi connectivity index (χ1) is 12.1. The van der Waals surface area contributed by atoms with E-state index in [-0.39, 0.29) is 5.82 Å². The van der Waals surface area contributed by atoms with E-state index in [1.165, 1.54) is 38.1 Å². The van der Waals surface area contributed by atoms with Gasteiger partial charge in [-0.05, 0) is 38.8 Å². The van der Waals surface area contributed by atoms with Gasteiger partial charge in [-0.2, -0.15) is 0 Å². The van der Waals surface area contributed by atoms with Crippen LogP contribution in [0.5, 0.6) is 5.75 Å². The fraction of sp³-hybridized carbons (Fsp3) is 0.700. The van der Waals surface area contributed by atoms with E-state index in [4.69, 9.17) is 4.74 Å². The van der Waals surface area contributed by atoms with Crippen LogP contribution < -0.4 is 4.74 Å². The molecule has 0 radical (unpaired) electrons. The molecule has 1 aromatic carbocycles. The molecule has 4 nitrogen and oxygen atoms in total. The third-order valence-corrected chi connectivity index (χ3v) is 5.75. The molecule has 25 heavy (non-hydrogen) atoms. The van der Waals surface area contributed by atoms with Crippen LogP contribution in [0.1, 0.15) is 26.7 Å². The van der Waals surface area contributed by atoms with E-state index in [1.807, 2.05) is 0 Å². The minimum absolute atomic E-state index is 0.243. The van der Waals surface area contributed by atoms with Gasteiger partial charge in [0, 0.05) is 64.0 Å². The largest absolute Gasteiger partial charge is 0.492 e. The van der Waals surface area contributed by atoms with Crippen molar-refractivity contribution in [3.8, 4) is 5.75 Å². The topological polar surface area (TPSA) is 19.0 Å². The van der Waals surface area contributed by atoms with Gasteiger partial charge >= 0.3 is 0 Å². The number of likely N-dealkylation sites (tertiary alicyclic amines) is 1. The Morgan fingerprint density at radius 1 is 0.960 bits per heavy atom. The number of rotatable bonds is 7. The van der Waals surface area contributed by atoms with Crippen molar-refractivity contribution in [3.05, 3.63) is 30.1 Å². The molecule has 2 saturated heterocycles. The molecule has 3 rings (SSSR count). The predicted octanol–water partition coefficient (Wildman–Crippen LogP) is 2.69. The van der Waals surface area contributed by atoms with Crippen molar-refractivity contribution in [2.24, 2.45) is 0 Å². The number of ether oxygens (including phenoxy) is 1. The Morgan fingerprint density at radius 2 is 1.60 bits per heavy atom. The summed E-state index contributed by atoms with van der Waals surface area (Å²) < 4.78 is 18.8. The van der Waals surface area contributed by atoms with Crippen molar-refractivity contribution < 1.29 is 9.13 Å². The lowest BCUT2D eigenvalue weighted by Gasteiger charge is -2.36. The summed E-state index contributed by atoms with van der Waals surface area (Å²) in [5.74, 6) is 0.375. The molecule has 2 aliphatic rings. The Morgan fingerprint density at radius 3 is 2.24 bits per heavy atom. The van der Waals surface area contributed by atoms with Crippen LogP contribution in [0, 0.1) is 5.82 Å². The highest BCUT2D eigenvalue weighted by molar-refractivity contribution is 5.22. The van der Waals surface area contributed by atoms with Crippen molar-refractivity contribution >= 4 is 0 Å². The maximum absolute atomic E-state index is 13.1. The summed E-state index contributed by atoms with van der Waals surface area (Å²) in [7, 11) is 0. The van der Waals surface area contributed by atoms with Crippen LogP contribution in [-0.2, 0) is 0 Å². The highest BCUT2D eigenvalue weighted by atomic mass is 19.1. The van der Waals surface area contributed by atoms with Gasteiger partial charge in [0.15, 0.2) is 0 Å². The summed E-state index contributed by atoms with van der Waals surface area (Å²) in [6.07, 6.45) is 2.69. The Balaban J connectivity index is 1.31. The van der Waals surface area contributed by atoms with Gasteiger partial charge in [-0.1, -0.05) is 6.07 Å². The Labute approximate surface area is 151 Å². The van der Waals surface area contributed by atoms with Crippen LogP contribution in [0.15, 0.2) is 24.3 Å². The molecule has 5 heteroatoms. The van der Waals surface area contributed by atoms with Gasteiger partial charge in [0.1, 0.15) is 18.2 Å². The highest BCUT2D eigenvalue weighted by Crippen LogP contribution is 2.22. The Kier molecular flexibility index (Phi) is 6.68. The average Bonchev–Trinajstić information content (AvgIpc) is 2.92. The predicted molar refractivity (Wildman–Crippen MR) is 99.6 cm³/mol. The summed E-state index contributed by atoms with van der Waals surface area (Å²) >= 11 is 0. The summed E-state index contributed by atoms with van der Waals surface area (Å²) in [6, 6.07) is 7.87. The molecular weight excluding hydrogens is 317 g/mol. The number of piperazine rings is 1. The Hall–Kier alpha value is -1.17. The number of hydrogen-bond donors (Lipinski definition) is 0. The molecule has 0 bridgehead atoms. The molecule has 0 aromatic heterocycles. The highest BCUT2D eigenvalue weighted by Gasteiger charge is 2.27. The smallest absolute Gasteiger partial charge is 0.126 e. The van der Waals surface area contributed by atoms with Crippen molar-refractivity contribution in [1.82, 2.24) is 14.7 Å². The maximum Gasteiger partial charge on any atom is 0.126 e. The van der Waals surface area contributed by atoms with Crippen LogP contribution in [0.2, 0.25) is 0 Å². The molecule has 140 valence electrons. The second-order valence-corrected chi connectivity index (χ2v) is 7.50. The lowest BCUT2D eigenvalue weighted by molar-refractivity contribution is 0.0997. The van der Waals surface area contributed by atoms with E-state index in [0.29, 0.717) is 12.4 Å². The van der Waals surface area contributed by atoms with Gasteiger partial charge in [-0.25, -0.2) is 4.39 Å². The fourth-order valence-electron chi connectivity index (χ4n) is 4.03. The van der Waals surface area contributed by atoms with Crippen molar-refractivity contribution in [2.75, 3.05) is 52.4 Å². The Bertz CT molecular complexity index is 523. The van der Waals surface area contributed by atoms with E-state index >= 15 is 0 Å². The van der Waals surface area contributed by atoms with Gasteiger partial charge in [-0.15, -0.1) is 0 Å². The number of benzene rings is 1. The summed E-state index contributed by atoms with van der Waals surface area (Å²) in [4.78, 5) is 7.69. The molecule has 0 aliphatic carbocycles. The quantitative estimate of drug-likeness (QED) is 0.753. The normalized spacial score (nSPS) is 26.2. The summed E-state index contributed by atoms with van der Waals surface area (Å²) in [5.41, 5.74) is 0. The zero-order chi connectivity index (χ0) is 17.6.